The van der Waals surface area contributed by atoms with E-state index < -0.39 is 11.1 Å². The summed E-state index contributed by atoms with van der Waals surface area (Å²) in [6.45, 7) is 0. The number of benzene rings is 2. The smallest absolute Gasteiger partial charge is 0.290 e. The van der Waals surface area contributed by atoms with E-state index in [1.165, 1.54) is 0 Å². The second-order valence-corrected chi connectivity index (χ2v) is 6.77. The van der Waals surface area contributed by atoms with Crippen LogP contribution in [0.3, 0.4) is 0 Å². The highest BCUT2D eigenvalue weighted by Gasteiger charge is 2.25. The molecule has 0 aliphatic carbocycles. The van der Waals surface area contributed by atoms with Crippen molar-refractivity contribution in [3.8, 4) is 17.2 Å². The van der Waals surface area contributed by atoms with Crippen LogP contribution >= 0.6 is 35.0 Å². The van der Waals surface area contributed by atoms with Crippen molar-refractivity contribution in [2.75, 3.05) is 7.11 Å². The van der Waals surface area contributed by atoms with Gasteiger partial charge in [-0.25, -0.2) is 0 Å². The molecular weight excluding hydrogens is 385 g/mol. The van der Waals surface area contributed by atoms with Gasteiger partial charge in [-0.15, -0.1) is 0 Å². The number of thioether (sulfide) groups is 1. The summed E-state index contributed by atoms with van der Waals surface area (Å²) in [5, 5.41) is 2.34. The van der Waals surface area contributed by atoms with Crippen LogP contribution in [0.15, 0.2) is 41.3 Å². The van der Waals surface area contributed by atoms with Gasteiger partial charge in [-0.1, -0.05) is 23.2 Å². The summed E-state index contributed by atoms with van der Waals surface area (Å²) in [5.74, 6) is 1.11. The van der Waals surface area contributed by atoms with Crippen LogP contribution in [0.1, 0.15) is 5.56 Å². The summed E-state index contributed by atoms with van der Waals surface area (Å²) < 4.78 is 10.8. The van der Waals surface area contributed by atoms with Gasteiger partial charge in [-0.3, -0.25) is 14.9 Å². The molecular formula is C17H11Cl2NO4S. The van der Waals surface area contributed by atoms with Crippen molar-refractivity contribution in [2.45, 2.75) is 0 Å². The lowest BCUT2D eigenvalue weighted by Gasteiger charge is -2.11. The lowest BCUT2D eigenvalue weighted by molar-refractivity contribution is -0.115. The van der Waals surface area contributed by atoms with Crippen molar-refractivity contribution in [3.63, 3.8) is 0 Å². The van der Waals surface area contributed by atoms with Gasteiger partial charge in [-0.2, -0.15) is 0 Å². The van der Waals surface area contributed by atoms with Crippen molar-refractivity contribution in [3.05, 3.63) is 56.9 Å². The number of hydrogen-bond acceptors (Lipinski definition) is 5. The molecule has 2 aromatic rings. The highest BCUT2D eigenvalue weighted by atomic mass is 35.5. The van der Waals surface area contributed by atoms with Gasteiger partial charge in [0.05, 0.1) is 22.1 Å². The summed E-state index contributed by atoms with van der Waals surface area (Å²) in [6.07, 6.45) is 1.54. The maximum Gasteiger partial charge on any atom is 0.290 e. The third-order valence-electron chi connectivity index (χ3n) is 3.24. The quantitative estimate of drug-likeness (QED) is 0.727. The Morgan fingerprint density at radius 3 is 2.16 bits per heavy atom. The van der Waals surface area contributed by atoms with Crippen LogP contribution in [-0.2, 0) is 4.79 Å². The maximum absolute atomic E-state index is 11.6. The lowest BCUT2D eigenvalue weighted by atomic mass is 10.2. The van der Waals surface area contributed by atoms with Gasteiger partial charge in [0.15, 0.2) is 5.75 Å². The zero-order chi connectivity index (χ0) is 18.0. The van der Waals surface area contributed by atoms with E-state index in [2.05, 4.69) is 5.32 Å². The third-order valence-corrected chi connectivity index (χ3v) is 4.61. The summed E-state index contributed by atoms with van der Waals surface area (Å²) in [7, 11) is 1.58. The number of nitrogens with one attached hydrogen (secondary N) is 1. The Balaban J connectivity index is 1.86. The molecule has 0 spiro atoms. The standard InChI is InChI=1S/C17H11Cl2NO4S/c1-23-10-2-4-11(5-3-10)24-15-12(18)6-9(7-13(15)19)8-14-16(21)20-17(22)25-14/h2-8H,1H3,(H,20,21,22). The van der Waals surface area contributed by atoms with Crippen molar-refractivity contribution in [1.82, 2.24) is 5.32 Å². The highest BCUT2D eigenvalue weighted by Crippen LogP contribution is 2.39. The zero-order valence-electron chi connectivity index (χ0n) is 12.8. The topological polar surface area (TPSA) is 64.6 Å². The monoisotopic (exact) mass is 395 g/mol. The Labute approximate surface area is 157 Å². The van der Waals surface area contributed by atoms with E-state index >= 15 is 0 Å². The van der Waals surface area contributed by atoms with E-state index in [0.29, 0.717) is 22.8 Å². The zero-order valence-corrected chi connectivity index (χ0v) is 15.2. The molecule has 1 fully saturated rings. The number of amides is 2. The number of halogens is 2. The molecule has 0 unspecified atom stereocenters. The van der Waals surface area contributed by atoms with E-state index in [4.69, 9.17) is 32.7 Å². The minimum absolute atomic E-state index is 0.279. The van der Waals surface area contributed by atoms with Gasteiger partial charge in [-0.05, 0) is 59.8 Å². The number of hydrogen-bond donors (Lipinski definition) is 1. The fourth-order valence-electron chi connectivity index (χ4n) is 2.09. The average Bonchev–Trinajstić information content (AvgIpc) is 2.89. The maximum atomic E-state index is 11.6. The van der Waals surface area contributed by atoms with E-state index in [-0.39, 0.29) is 15.0 Å². The molecule has 0 saturated carbocycles. The van der Waals surface area contributed by atoms with Crippen molar-refractivity contribution in [2.24, 2.45) is 0 Å². The first kappa shape index (κ1) is 17.7. The molecule has 2 aromatic carbocycles. The van der Waals surface area contributed by atoms with Crippen molar-refractivity contribution in [1.29, 1.82) is 0 Å². The normalized spacial score (nSPS) is 15.4. The van der Waals surface area contributed by atoms with Gasteiger partial charge in [0.2, 0.25) is 0 Å². The highest BCUT2D eigenvalue weighted by molar-refractivity contribution is 8.18. The van der Waals surface area contributed by atoms with Crippen molar-refractivity contribution >= 4 is 52.2 Å². The summed E-state index contributed by atoms with van der Waals surface area (Å²) in [5.41, 5.74) is 0.587. The van der Waals surface area contributed by atoms with Gasteiger partial charge in [0.25, 0.3) is 11.1 Å². The minimum Gasteiger partial charge on any atom is -0.497 e. The molecule has 3 rings (SSSR count). The molecule has 5 nitrogen and oxygen atoms in total. The first-order valence-corrected chi connectivity index (χ1v) is 8.59. The van der Waals surface area contributed by atoms with E-state index in [0.717, 1.165) is 11.8 Å². The molecule has 128 valence electrons. The third kappa shape index (κ3) is 4.10. The first-order chi connectivity index (χ1) is 12.0. The van der Waals surface area contributed by atoms with Gasteiger partial charge in [0.1, 0.15) is 11.5 Å². The lowest BCUT2D eigenvalue weighted by Crippen LogP contribution is -2.17. The number of carbonyl (C=O) groups excluding carboxylic acids is 2. The van der Waals surface area contributed by atoms with E-state index in [1.807, 2.05) is 0 Å². The summed E-state index contributed by atoms with van der Waals surface area (Å²) >= 11 is 13.3. The molecule has 0 atom stereocenters. The summed E-state index contributed by atoms with van der Waals surface area (Å²) in [6, 6.07) is 10.2. The van der Waals surface area contributed by atoms with Gasteiger partial charge in [0, 0.05) is 0 Å². The van der Waals surface area contributed by atoms with E-state index in [1.54, 1.807) is 49.6 Å². The van der Waals surface area contributed by atoms with Gasteiger partial charge < -0.3 is 9.47 Å². The first-order valence-electron chi connectivity index (χ1n) is 7.02. The Kier molecular flexibility index (Phi) is 5.22. The van der Waals surface area contributed by atoms with Crippen LogP contribution < -0.4 is 14.8 Å². The fourth-order valence-corrected chi connectivity index (χ4v) is 3.36. The second-order valence-electron chi connectivity index (χ2n) is 4.94. The Morgan fingerprint density at radius 2 is 1.64 bits per heavy atom. The molecule has 1 saturated heterocycles. The van der Waals surface area contributed by atoms with Crippen molar-refractivity contribution < 1.29 is 19.1 Å². The molecule has 1 N–H and O–H groups in total. The average molecular weight is 396 g/mol. The number of ether oxygens (including phenoxy) is 2. The largest absolute Gasteiger partial charge is 0.497 e. The van der Waals surface area contributed by atoms with Crippen LogP contribution in [0.2, 0.25) is 10.0 Å². The predicted molar refractivity (Wildman–Crippen MR) is 98.6 cm³/mol. The second kappa shape index (κ2) is 7.39. The molecule has 1 heterocycles. The number of rotatable bonds is 4. The number of carbonyl (C=O) groups is 2. The molecule has 2 amide bonds. The van der Waals surface area contributed by atoms with Crippen LogP contribution in [-0.4, -0.2) is 18.3 Å². The molecule has 1 aliphatic rings. The molecule has 0 bridgehead atoms. The Hall–Kier alpha value is -2.15. The van der Waals surface area contributed by atoms with Crippen LogP contribution in [0.4, 0.5) is 4.79 Å². The van der Waals surface area contributed by atoms with Crippen LogP contribution in [0, 0.1) is 0 Å². The van der Waals surface area contributed by atoms with Crippen LogP contribution in [0.5, 0.6) is 17.2 Å². The SMILES string of the molecule is COc1ccc(Oc2c(Cl)cc(C=C3SC(=O)NC3=O)cc2Cl)cc1. The molecule has 0 radical (unpaired) electrons. The molecule has 8 heteroatoms. The van der Waals surface area contributed by atoms with Crippen LogP contribution in [0.25, 0.3) is 6.08 Å². The number of methoxy groups -OCH3 is 1. The fraction of sp³-hybridized carbons (Fsp3) is 0.0588. The summed E-state index contributed by atoms with van der Waals surface area (Å²) in [4.78, 5) is 23.1. The predicted octanol–water partition coefficient (Wildman–Crippen LogP) is 5.12. The molecule has 1 aliphatic heterocycles. The molecule has 25 heavy (non-hydrogen) atoms. The van der Waals surface area contributed by atoms with E-state index in [9.17, 15) is 9.59 Å². The van der Waals surface area contributed by atoms with Gasteiger partial charge >= 0.3 is 0 Å². The Bertz CT molecular complexity index is 858. The minimum atomic E-state index is -0.444. The number of imide groups is 1. The Morgan fingerprint density at radius 1 is 1.04 bits per heavy atom. The molecule has 0 aromatic heterocycles.